The maximum absolute atomic E-state index is 12.9. The Morgan fingerprint density at radius 1 is 1.18 bits per heavy atom. The number of piperidine rings is 1. The predicted molar refractivity (Wildman–Crippen MR) is 100 cm³/mol. The molecule has 0 bridgehead atoms. The van der Waals surface area contributed by atoms with Gasteiger partial charge in [-0.2, -0.15) is 5.10 Å². The molecule has 0 radical (unpaired) electrons. The number of carbonyl (C=O) groups excluding carboxylic acids is 1. The number of aromatic nitrogens is 3. The van der Waals surface area contributed by atoms with Crippen LogP contribution in [0.5, 0.6) is 0 Å². The summed E-state index contributed by atoms with van der Waals surface area (Å²) in [6.45, 7) is 2.87. The van der Waals surface area contributed by atoms with Crippen molar-refractivity contribution in [2.75, 3.05) is 13.1 Å². The number of hydrogen-bond donors (Lipinski definition) is 1. The highest BCUT2D eigenvalue weighted by atomic mass is 16.4. The third kappa shape index (κ3) is 3.40. The quantitative estimate of drug-likeness (QED) is 0.746. The Kier molecular flexibility index (Phi) is 4.68. The highest BCUT2D eigenvalue weighted by Gasteiger charge is 2.29. The van der Waals surface area contributed by atoms with Gasteiger partial charge in [-0.25, -0.2) is 9.78 Å². The molecular weight excluding hydrogens is 360 g/mol. The summed E-state index contributed by atoms with van der Waals surface area (Å²) < 4.78 is 7.45. The molecule has 1 fully saturated rings. The molecule has 4 rings (SSSR count). The van der Waals surface area contributed by atoms with Crippen molar-refractivity contribution in [2.24, 2.45) is 0 Å². The van der Waals surface area contributed by atoms with Crippen molar-refractivity contribution >= 4 is 11.9 Å². The Morgan fingerprint density at radius 3 is 2.54 bits per heavy atom. The van der Waals surface area contributed by atoms with E-state index < -0.39 is 5.97 Å². The number of hydrogen-bond acceptors (Lipinski definition) is 5. The molecule has 1 saturated heterocycles. The van der Waals surface area contributed by atoms with Crippen LogP contribution in [0.3, 0.4) is 0 Å². The molecule has 1 amide bonds. The van der Waals surface area contributed by atoms with Crippen LogP contribution < -0.4 is 0 Å². The molecule has 1 aliphatic heterocycles. The fraction of sp³-hybridized carbons (Fsp3) is 0.300. The maximum Gasteiger partial charge on any atom is 0.338 e. The van der Waals surface area contributed by atoms with Crippen molar-refractivity contribution in [3.8, 4) is 11.5 Å². The van der Waals surface area contributed by atoms with Gasteiger partial charge in [-0.1, -0.05) is 18.2 Å². The van der Waals surface area contributed by atoms with Crippen LogP contribution in [0.4, 0.5) is 0 Å². The van der Waals surface area contributed by atoms with Crippen LogP contribution in [0.25, 0.3) is 11.5 Å². The summed E-state index contributed by atoms with van der Waals surface area (Å²) in [5.74, 6) is -0.454. The molecule has 8 heteroatoms. The van der Waals surface area contributed by atoms with Gasteiger partial charge in [-0.05, 0) is 31.9 Å². The largest absolute Gasteiger partial charge is 0.478 e. The van der Waals surface area contributed by atoms with E-state index in [9.17, 15) is 9.59 Å². The predicted octanol–water partition coefficient (Wildman–Crippen LogP) is 3.02. The van der Waals surface area contributed by atoms with Crippen LogP contribution in [0.15, 0.2) is 47.1 Å². The first-order valence-electron chi connectivity index (χ1n) is 9.12. The molecule has 1 aromatic carbocycles. The average Bonchev–Trinajstić information content (AvgIpc) is 3.36. The molecule has 0 atom stereocenters. The number of carboxylic acid groups (broad SMARTS) is 1. The summed E-state index contributed by atoms with van der Waals surface area (Å²) in [5, 5.41) is 13.2. The summed E-state index contributed by atoms with van der Waals surface area (Å²) in [4.78, 5) is 30.0. The molecule has 3 heterocycles. The number of carboxylic acids is 1. The van der Waals surface area contributed by atoms with Crippen molar-refractivity contribution in [1.82, 2.24) is 19.7 Å². The lowest BCUT2D eigenvalue weighted by Crippen LogP contribution is -2.39. The fourth-order valence-electron chi connectivity index (χ4n) is 3.42. The molecule has 2 aromatic heterocycles. The molecule has 1 aliphatic rings. The smallest absolute Gasteiger partial charge is 0.338 e. The zero-order valence-electron chi connectivity index (χ0n) is 15.4. The number of aryl methyl sites for hydroxylation is 1. The Labute approximate surface area is 161 Å². The van der Waals surface area contributed by atoms with Crippen LogP contribution in [-0.4, -0.2) is 49.7 Å². The molecule has 0 unspecified atom stereocenters. The SMILES string of the molecule is Cc1nc(-c2ccccc2)oc1C(=O)N1CCC(n2cc(C(=O)O)cn2)CC1. The first-order chi connectivity index (χ1) is 13.5. The molecule has 3 aromatic rings. The monoisotopic (exact) mass is 380 g/mol. The average molecular weight is 380 g/mol. The van der Waals surface area contributed by atoms with E-state index in [0.29, 0.717) is 37.5 Å². The van der Waals surface area contributed by atoms with Crippen molar-refractivity contribution in [1.29, 1.82) is 0 Å². The van der Waals surface area contributed by atoms with E-state index in [1.54, 1.807) is 16.5 Å². The summed E-state index contributed by atoms with van der Waals surface area (Å²) >= 11 is 0. The summed E-state index contributed by atoms with van der Waals surface area (Å²) in [6.07, 6.45) is 4.29. The molecule has 144 valence electrons. The van der Waals surface area contributed by atoms with Crippen LogP contribution in [0, 0.1) is 6.92 Å². The van der Waals surface area contributed by atoms with Gasteiger partial charge in [0.25, 0.3) is 5.91 Å². The maximum atomic E-state index is 12.9. The zero-order chi connectivity index (χ0) is 19.7. The second kappa shape index (κ2) is 7.30. The topological polar surface area (TPSA) is 101 Å². The molecule has 8 nitrogen and oxygen atoms in total. The number of rotatable bonds is 4. The number of carbonyl (C=O) groups is 2. The van der Waals surface area contributed by atoms with Gasteiger partial charge in [0.2, 0.25) is 11.7 Å². The van der Waals surface area contributed by atoms with Crippen molar-refractivity contribution < 1.29 is 19.1 Å². The van der Waals surface area contributed by atoms with Gasteiger partial charge < -0.3 is 14.4 Å². The highest BCUT2D eigenvalue weighted by Crippen LogP contribution is 2.26. The van der Waals surface area contributed by atoms with E-state index in [1.165, 1.54) is 12.4 Å². The lowest BCUT2D eigenvalue weighted by molar-refractivity contribution is 0.0657. The Morgan fingerprint density at radius 2 is 1.89 bits per heavy atom. The van der Waals surface area contributed by atoms with Gasteiger partial charge in [0, 0.05) is 24.8 Å². The van der Waals surface area contributed by atoms with E-state index in [2.05, 4.69) is 10.1 Å². The molecule has 0 spiro atoms. The number of benzene rings is 1. The van der Waals surface area contributed by atoms with Gasteiger partial charge in [0.15, 0.2) is 0 Å². The number of amides is 1. The lowest BCUT2D eigenvalue weighted by atomic mass is 10.0. The van der Waals surface area contributed by atoms with Crippen molar-refractivity contribution in [3.05, 3.63) is 59.7 Å². The number of nitrogens with zero attached hydrogens (tertiary/aromatic N) is 4. The minimum absolute atomic E-state index is 0.0767. The fourth-order valence-corrected chi connectivity index (χ4v) is 3.42. The highest BCUT2D eigenvalue weighted by molar-refractivity contribution is 5.93. The van der Waals surface area contributed by atoms with Gasteiger partial charge in [-0.3, -0.25) is 9.48 Å². The first-order valence-corrected chi connectivity index (χ1v) is 9.12. The summed E-state index contributed by atoms with van der Waals surface area (Å²) in [7, 11) is 0. The second-order valence-corrected chi connectivity index (χ2v) is 6.84. The molecule has 0 aliphatic carbocycles. The van der Waals surface area contributed by atoms with E-state index in [0.717, 1.165) is 5.56 Å². The van der Waals surface area contributed by atoms with Gasteiger partial charge in [0.05, 0.1) is 23.5 Å². The van der Waals surface area contributed by atoms with E-state index in [-0.39, 0.29) is 23.3 Å². The van der Waals surface area contributed by atoms with Crippen LogP contribution in [0.1, 0.15) is 45.5 Å². The molecule has 28 heavy (non-hydrogen) atoms. The Balaban J connectivity index is 1.44. The van der Waals surface area contributed by atoms with Gasteiger partial charge >= 0.3 is 5.97 Å². The summed E-state index contributed by atoms with van der Waals surface area (Å²) in [6, 6.07) is 9.56. The third-order valence-electron chi connectivity index (χ3n) is 4.99. The normalized spacial score (nSPS) is 15.0. The number of oxazole rings is 1. The lowest BCUT2D eigenvalue weighted by Gasteiger charge is -2.31. The van der Waals surface area contributed by atoms with Crippen molar-refractivity contribution in [2.45, 2.75) is 25.8 Å². The molecular formula is C20H20N4O4. The molecule has 1 N–H and O–H groups in total. The van der Waals surface area contributed by atoms with E-state index in [1.807, 2.05) is 30.3 Å². The Bertz CT molecular complexity index is 1000. The minimum atomic E-state index is -0.992. The second-order valence-electron chi connectivity index (χ2n) is 6.84. The standard InChI is InChI=1S/C20H20N4O4/c1-13-17(28-18(22-13)14-5-3-2-4-6-14)19(25)23-9-7-16(8-10-23)24-12-15(11-21-24)20(26)27/h2-6,11-12,16H,7-10H2,1H3,(H,26,27). The van der Waals surface area contributed by atoms with Gasteiger partial charge in [0.1, 0.15) is 0 Å². The third-order valence-corrected chi connectivity index (χ3v) is 4.99. The van der Waals surface area contributed by atoms with Crippen LogP contribution in [-0.2, 0) is 0 Å². The van der Waals surface area contributed by atoms with E-state index in [4.69, 9.17) is 9.52 Å². The van der Waals surface area contributed by atoms with Crippen LogP contribution >= 0.6 is 0 Å². The molecule has 0 saturated carbocycles. The summed E-state index contributed by atoms with van der Waals surface area (Å²) in [5.41, 5.74) is 1.57. The van der Waals surface area contributed by atoms with E-state index >= 15 is 0 Å². The number of aromatic carboxylic acids is 1. The Hall–Kier alpha value is -3.42. The first kappa shape index (κ1) is 18.0. The van der Waals surface area contributed by atoms with Crippen LogP contribution in [0.2, 0.25) is 0 Å². The zero-order valence-corrected chi connectivity index (χ0v) is 15.4. The number of likely N-dealkylation sites (tertiary alicyclic amines) is 1. The minimum Gasteiger partial charge on any atom is -0.478 e. The van der Waals surface area contributed by atoms with Gasteiger partial charge in [-0.15, -0.1) is 0 Å². The van der Waals surface area contributed by atoms with Crippen molar-refractivity contribution in [3.63, 3.8) is 0 Å².